The van der Waals surface area contributed by atoms with E-state index in [9.17, 15) is 13.9 Å². The number of phenols is 1. The molecule has 0 aliphatic carbocycles. The van der Waals surface area contributed by atoms with Gasteiger partial charge in [0.1, 0.15) is 5.82 Å². The Morgan fingerprint density at radius 1 is 1.28 bits per heavy atom. The van der Waals surface area contributed by atoms with Gasteiger partial charge >= 0.3 is 0 Å². The van der Waals surface area contributed by atoms with Gasteiger partial charge in [0.05, 0.1) is 0 Å². The largest absolute Gasteiger partial charge is 0.505 e. The average molecular weight is 256 g/mol. The molecule has 1 fully saturated rings. The standard InChI is InChI=1S/C13H18F2N2O/c1-2-11(17-7-5-16-6-8-17)12-9(14)3-4-10(15)13(12)18/h3-4,11,16,18H,2,5-8H2,1H3/t11-/m1/s1. The van der Waals surface area contributed by atoms with Crippen LogP contribution in [0.2, 0.25) is 0 Å². The molecule has 1 aliphatic heterocycles. The highest BCUT2D eigenvalue weighted by atomic mass is 19.1. The summed E-state index contributed by atoms with van der Waals surface area (Å²) in [5, 5.41) is 13.0. The minimum absolute atomic E-state index is 0.0828. The van der Waals surface area contributed by atoms with Gasteiger partial charge in [0.25, 0.3) is 0 Å². The molecule has 0 amide bonds. The Balaban J connectivity index is 2.34. The molecule has 0 spiro atoms. The first-order valence-corrected chi connectivity index (χ1v) is 6.26. The maximum atomic E-state index is 13.9. The fourth-order valence-electron chi connectivity index (χ4n) is 2.51. The quantitative estimate of drug-likeness (QED) is 0.868. The molecule has 1 saturated heterocycles. The van der Waals surface area contributed by atoms with Crippen LogP contribution in [0, 0.1) is 11.6 Å². The van der Waals surface area contributed by atoms with Crippen molar-refractivity contribution in [3.8, 4) is 5.75 Å². The normalized spacial score (nSPS) is 18.8. The monoisotopic (exact) mass is 256 g/mol. The number of aromatic hydroxyl groups is 1. The molecule has 100 valence electrons. The van der Waals surface area contributed by atoms with Crippen LogP contribution in [0.3, 0.4) is 0 Å². The van der Waals surface area contributed by atoms with E-state index in [0.29, 0.717) is 6.42 Å². The molecule has 1 heterocycles. The summed E-state index contributed by atoms with van der Waals surface area (Å²) < 4.78 is 27.2. The lowest BCUT2D eigenvalue weighted by Crippen LogP contribution is -2.45. The Labute approximate surface area is 105 Å². The van der Waals surface area contributed by atoms with E-state index in [2.05, 4.69) is 10.2 Å². The molecule has 3 nitrogen and oxygen atoms in total. The van der Waals surface area contributed by atoms with Crippen molar-refractivity contribution in [3.05, 3.63) is 29.3 Å². The molecule has 0 saturated carbocycles. The van der Waals surface area contributed by atoms with Gasteiger partial charge in [0.15, 0.2) is 11.6 Å². The fourth-order valence-corrected chi connectivity index (χ4v) is 2.51. The first-order valence-electron chi connectivity index (χ1n) is 6.26. The van der Waals surface area contributed by atoms with Crippen molar-refractivity contribution in [1.29, 1.82) is 0 Å². The Morgan fingerprint density at radius 2 is 1.89 bits per heavy atom. The molecular formula is C13H18F2N2O. The minimum Gasteiger partial charge on any atom is -0.505 e. The van der Waals surface area contributed by atoms with Crippen LogP contribution in [-0.2, 0) is 0 Å². The molecule has 1 aliphatic rings. The van der Waals surface area contributed by atoms with Crippen LogP contribution in [0.4, 0.5) is 8.78 Å². The van der Waals surface area contributed by atoms with E-state index in [1.807, 2.05) is 6.92 Å². The topological polar surface area (TPSA) is 35.5 Å². The molecular weight excluding hydrogens is 238 g/mol. The summed E-state index contributed by atoms with van der Waals surface area (Å²) in [6.45, 7) is 5.11. The van der Waals surface area contributed by atoms with Crippen LogP contribution in [0.25, 0.3) is 0 Å². The first-order chi connectivity index (χ1) is 8.65. The van der Waals surface area contributed by atoms with E-state index >= 15 is 0 Å². The van der Waals surface area contributed by atoms with Gasteiger partial charge in [-0.25, -0.2) is 8.78 Å². The van der Waals surface area contributed by atoms with Gasteiger partial charge in [-0.2, -0.15) is 0 Å². The Morgan fingerprint density at radius 3 is 2.50 bits per heavy atom. The molecule has 0 bridgehead atoms. The third kappa shape index (κ3) is 2.47. The van der Waals surface area contributed by atoms with Crippen molar-refractivity contribution >= 4 is 0 Å². The summed E-state index contributed by atoms with van der Waals surface area (Å²) in [5.74, 6) is -1.86. The maximum absolute atomic E-state index is 13.9. The number of hydrogen-bond acceptors (Lipinski definition) is 3. The van der Waals surface area contributed by atoms with Crippen LogP contribution in [0.1, 0.15) is 24.9 Å². The van der Waals surface area contributed by atoms with E-state index in [0.717, 1.165) is 38.3 Å². The van der Waals surface area contributed by atoms with Crippen molar-refractivity contribution < 1.29 is 13.9 Å². The van der Waals surface area contributed by atoms with Crippen molar-refractivity contribution in [2.75, 3.05) is 26.2 Å². The lowest BCUT2D eigenvalue weighted by molar-refractivity contribution is 0.162. The number of halogens is 2. The number of hydrogen-bond donors (Lipinski definition) is 2. The van der Waals surface area contributed by atoms with E-state index < -0.39 is 17.4 Å². The first kappa shape index (κ1) is 13.2. The second kappa shape index (κ2) is 5.63. The molecule has 2 N–H and O–H groups in total. The fraction of sp³-hybridized carbons (Fsp3) is 0.538. The van der Waals surface area contributed by atoms with Crippen molar-refractivity contribution in [1.82, 2.24) is 10.2 Å². The third-order valence-corrected chi connectivity index (χ3v) is 3.43. The number of piperazine rings is 1. The highest BCUT2D eigenvalue weighted by molar-refractivity contribution is 5.37. The molecule has 1 aromatic rings. The molecule has 1 atom stereocenters. The summed E-state index contributed by atoms with van der Waals surface area (Å²) in [4.78, 5) is 2.08. The van der Waals surface area contributed by atoms with Crippen LogP contribution in [0.5, 0.6) is 5.75 Å². The number of benzene rings is 1. The summed E-state index contributed by atoms with van der Waals surface area (Å²) >= 11 is 0. The van der Waals surface area contributed by atoms with E-state index in [1.165, 1.54) is 0 Å². The van der Waals surface area contributed by atoms with Crippen molar-refractivity contribution in [2.45, 2.75) is 19.4 Å². The van der Waals surface area contributed by atoms with Gasteiger partial charge in [0, 0.05) is 37.8 Å². The van der Waals surface area contributed by atoms with E-state index in [-0.39, 0.29) is 11.6 Å². The smallest absolute Gasteiger partial charge is 0.165 e. The molecule has 0 radical (unpaired) electrons. The Kier molecular flexibility index (Phi) is 4.14. The summed E-state index contributed by atoms with van der Waals surface area (Å²) in [6.07, 6.45) is 0.633. The Hall–Kier alpha value is -1.20. The molecule has 0 unspecified atom stereocenters. The third-order valence-electron chi connectivity index (χ3n) is 3.43. The minimum atomic E-state index is -0.764. The van der Waals surface area contributed by atoms with E-state index in [4.69, 9.17) is 0 Å². The molecule has 0 aromatic heterocycles. The second-order valence-electron chi connectivity index (χ2n) is 4.50. The SMILES string of the molecule is CC[C@H](c1c(F)ccc(F)c1O)N1CCNCC1. The number of phenolic OH excluding ortho intramolecular Hbond substituents is 1. The van der Waals surface area contributed by atoms with Gasteiger partial charge in [-0.3, -0.25) is 4.90 Å². The van der Waals surface area contributed by atoms with Crippen molar-refractivity contribution in [3.63, 3.8) is 0 Å². The lowest BCUT2D eigenvalue weighted by atomic mass is 10.00. The zero-order chi connectivity index (χ0) is 13.1. The molecule has 1 aromatic carbocycles. The Bertz CT molecular complexity index is 420. The average Bonchev–Trinajstić information content (AvgIpc) is 2.40. The van der Waals surface area contributed by atoms with Crippen LogP contribution < -0.4 is 5.32 Å². The molecule has 5 heteroatoms. The van der Waals surface area contributed by atoms with Crippen LogP contribution >= 0.6 is 0 Å². The predicted molar refractivity (Wildman–Crippen MR) is 65.5 cm³/mol. The van der Waals surface area contributed by atoms with Crippen molar-refractivity contribution in [2.24, 2.45) is 0 Å². The summed E-state index contributed by atoms with van der Waals surface area (Å²) in [5.41, 5.74) is 0.0828. The lowest BCUT2D eigenvalue weighted by Gasteiger charge is -2.35. The summed E-state index contributed by atoms with van der Waals surface area (Å²) in [6, 6.07) is 1.76. The van der Waals surface area contributed by atoms with Crippen LogP contribution in [0.15, 0.2) is 12.1 Å². The highest BCUT2D eigenvalue weighted by Gasteiger charge is 2.27. The predicted octanol–water partition coefficient (Wildman–Crippen LogP) is 2.03. The number of rotatable bonds is 3. The zero-order valence-electron chi connectivity index (χ0n) is 10.4. The van der Waals surface area contributed by atoms with Gasteiger partial charge in [-0.1, -0.05) is 6.92 Å². The van der Waals surface area contributed by atoms with Crippen LogP contribution in [-0.4, -0.2) is 36.2 Å². The second-order valence-corrected chi connectivity index (χ2v) is 4.50. The van der Waals surface area contributed by atoms with Gasteiger partial charge in [0.2, 0.25) is 0 Å². The van der Waals surface area contributed by atoms with Gasteiger partial charge in [-0.05, 0) is 18.6 Å². The van der Waals surface area contributed by atoms with Gasteiger partial charge in [-0.15, -0.1) is 0 Å². The van der Waals surface area contributed by atoms with Gasteiger partial charge < -0.3 is 10.4 Å². The maximum Gasteiger partial charge on any atom is 0.165 e. The number of nitrogens with one attached hydrogen (secondary N) is 1. The molecule has 18 heavy (non-hydrogen) atoms. The summed E-state index contributed by atoms with van der Waals surface area (Å²) in [7, 11) is 0. The highest BCUT2D eigenvalue weighted by Crippen LogP contribution is 2.35. The molecule has 2 rings (SSSR count). The van der Waals surface area contributed by atoms with E-state index in [1.54, 1.807) is 0 Å². The zero-order valence-corrected chi connectivity index (χ0v) is 10.4. The number of nitrogens with zero attached hydrogens (tertiary/aromatic N) is 1.